The van der Waals surface area contributed by atoms with E-state index in [9.17, 15) is 9.50 Å². The van der Waals surface area contributed by atoms with Gasteiger partial charge in [-0.25, -0.2) is 4.39 Å². The van der Waals surface area contributed by atoms with Gasteiger partial charge in [0, 0.05) is 26.2 Å². The SMILES string of the molecule is Br.CCOCCCNC(N)=NCC(O)Cc1cccc(F)c1. The number of aliphatic hydroxyl groups is 1. The number of nitrogens with zero attached hydrogens (tertiary/aromatic N) is 1. The lowest BCUT2D eigenvalue weighted by molar-refractivity contribution is 0.145. The Balaban J connectivity index is 0.00000441. The molecule has 5 nitrogen and oxygen atoms in total. The van der Waals surface area contributed by atoms with Crippen molar-refractivity contribution in [2.24, 2.45) is 10.7 Å². The van der Waals surface area contributed by atoms with Crippen LogP contribution >= 0.6 is 17.0 Å². The predicted molar refractivity (Wildman–Crippen MR) is 92.0 cm³/mol. The van der Waals surface area contributed by atoms with Crippen molar-refractivity contribution >= 4 is 22.9 Å². The molecule has 1 unspecified atom stereocenters. The molecular weight excluding hydrogens is 353 g/mol. The highest BCUT2D eigenvalue weighted by molar-refractivity contribution is 8.93. The maximum Gasteiger partial charge on any atom is 0.188 e. The summed E-state index contributed by atoms with van der Waals surface area (Å²) in [5.74, 6) is -0.0107. The zero-order valence-electron chi connectivity index (χ0n) is 12.8. The van der Waals surface area contributed by atoms with Crippen molar-refractivity contribution in [1.29, 1.82) is 0 Å². The summed E-state index contributed by atoms with van der Waals surface area (Å²) in [7, 11) is 0. The van der Waals surface area contributed by atoms with Gasteiger partial charge in [-0.1, -0.05) is 12.1 Å². The largest absolute Gasteiger partial charge is 0.391 e. The number of benzene rings is 1. The Kier molecular flexibility index (Phi) is 11.7. The van der Waals surface area contributed by atoms with E-state index in [1.807, 2.05) is 6.92 Å². The Labute approximate surface area is 141 Å². The molecule has 1 aromatic carbocycles. The predicted octanol–water partition coefficient (Wildman–Crippen LogP) is 1.64. The molecule has 0 aliphatic heterocycles. The second kappa shape index (κ2) is 12.4. The van der Waals surface area contributed by atoms with Gasteiger partial charge in [0.15, 0.2) is 5.96 Å². The first-order valence-electron chi connectivity index (χ1n) is 7.16. The third-order valence-corrected chi connectivity index (χ3v) is 2.81. The van der Waals surface area contributed by atoms with E-state index in [2.05, 4.69) is 10.3 Å². The number of hydrogen-bond donors (Lipinski definition) is 3. The Morgan fingerprint density at radius 1 is 1.50 bits per heavy atom. The third-order valence-electron chi connectivity index (χ3n) is 2.81. The lowest BCUT2D eigenvalue weighted by atomic mass is 10.1. The maximum absolute atomic E-state index is 13.0. The van der Waals surface area contributed by atoms with E-state index < -0.39 is 6.10 Å². The Hall–Kier alpha value is -1.18. The minimum absolute atomic E-state index is 0. The molecule has 0 amide bonds. The van der Waals surface area contributed by atoms with E-state index in [-0.39, 0.29) is 29.3 Å². The van der Waals surface area contributed by atoms with Gasteiger partial charge >= 0.3 is 0 Å². The van der Waals surface area contributed by atoms with Gasteiger partial charge in [0.25, 0.3) is 0 Å². The molecule has 126 valence electrons. The molecule has 0 spiro atoms. The number of hydrogen-bond acceptors (Lipinski definition) is 3. The molecule has 1 rings (SSSR count). The zero-order chi connectivity index (χ0) is 15.5. The standard InChI is InChI=1S/C15H24FN3O2.BrH/c1-2-21-8-4-7-18-15(17)19-11-14(20)10-12-5-3-6-13(16)9-12;/h3,5-6,9,14,20H,2,4,7-8,10-11H2,1H3,(H3,17,18,19);1H. The monoisotopic (exact) mass is 377 g/mol. The minimum Gasteiger partial charge on any atom is -0.391 e. The number of aliphatic imine (C=N–C) groups is 1. The van der Waals surface area contributed by atoms with Gasteiger partial charge in [0.1, 0.15) is 5.82 Å². The van der Waals surface area contributed by atoms with Crippen molar-refractivity contribution in [2.45, 2.75) is 25.9 Å². The first-order chi connectivity index (χ1) is 10.1. The number of rotatable bonds is 9. The summed E-state index contributed by atoms with van der Waals surface area (Å²) in [5, 5.41) is 12.8. The summed E-state index contributed by atoms with van der Waals surface area (Å²) in [4.78, 5) is 4.06. The van der Waals surface area contributed by atoms with Gasteiger partial charge in [-0.15, -0.1) is 17.0 Å². The van der Waals surface area contributed by atoms with Gasteiger partial charge in [-0.2, -0.15) is 0 Å². The van der Waals surface area contributed by atoms with Crippen LogP contribution in [-0.2, 0) is 11.2 Å². The third kappa shape index (κ3) is 9.70. The van der Waals surface area contributed by atoms with Crippen LogP contribution in [0.4, 0.5) is 4.39 Å². The van der Waals surface area contributed by atoms with Crippen LogP contribution in [0.5, 0.6) is 0 Å². The Morgan fingerprint density at radius 2 is 2.27 bits per heavy atom. The molecule has 0 saturated carbocycles. The molecular formula is C15H25BrFN3O2. The van der Waals surface area contributed by atoms with Crippen LogP contribution in [0, 0.1) is 5.82 Å². The van der Waals surface area contributed by atoms with Crippen molar-refractivity contribution in [2.75, 3.05) is 26.3 Å². The molecule has 4 N–H and O–H groups in total. The fourth-order valence-electron chi connectivity index (χ4n) is 1.80. The summed E-state index contributed by atoms with van der Waals surface area (Å²) < 4.78 is 18.2. The molecule has 0 saturated heterocycles. The van der Waals surface area contributed by atoms with Crippen molar-refractivity contribution in [3.05, 3.63) is 35.6 Å². The highest BCUT2D eigenvalue weighted by atomic mass is 79.9. The molecule has 7 heteroatoms. The smallest absolute Gasteiger partial charge is 0.188 e. The molecule has 0 radical (unpaired) electrons. The average Bonchev–Trinajstić information content (AvgIpc) is 2.45. The number of aliphatic hydroxyl groups excluding tert-OH is 1. The number of guanidine groups is 1. The lowest BCUT2D eigenvalue weighted by Crippen LogP contribution is -2.34. The van der Waals surface area contributed by atoms with Crippen molar-refractivity contribution in [3.63, 3.8) is 0 Å². The Bertz CT molecular complexity index is 447. The quantitative estimate of drug-likeness (QED) is 0.347. The van der Waals surface area contributed by atoms with Gasteiger partial charge in [0.05, 0.1) is 12.6 Å². The highest BCUT2D eigenvalue weighted by Crippen LogP contribution is 2.06. The molecule has 1 atom stereocenters. The van der Waals surface area contributed by atoms with E-state index in [4.69, 9.17) is 10.5 Å². The normalized spacial score (nSPS) is 12.6. The first kappa shape index (κ1) is 20.8. The van der Waals surface area contributed by atoms with Gasteiger partial charge in [-0.3, -0.25) is 4.99 Å². The van der Waals surface area contributed by atoms with Crippen LogP contribution in [0.2, 0.25) is 0 Å². The molecule has 1 aromatic rings. The fraction of sp³-hybridized carbons (Fsp3) is 0.533. The van der Waals surface area contributed by atoms with Crippen LogP contribution in [0.15, 0.2) is 29.3 Å². The molecule has 0 aromatic heterocycles. The molecule has 0 heterocycles. The molecule has 22 heavy (non-hydrogen) atoms. The van der Waals surface area contributed by atoms with Crippen LogP contribution in [0.3, 0.4) is 0 Å². The molecule has 0 bridgehead atoms. The number of halogens is 2. The van der Waals surface area contributed by atoms with Gasteiger partial charge < -0.3 is 20.9 Å². The minimum atomic E-state index is -0.685. The molecule has 0 aliphatic carbocycles. The van der Waals surface area contributed by atoms with E-state index in [1.165, 1.54) is 12.1 Å². The summed E-state index contributed by atoms with van der Waals surface area (Å²) in [6.45, 7) is 4.19. The van der Waals surface area contributed by atoms with Crippen molar-refractivity contribution in [3.8, 4) is 0 Å². The second-order valence-corrected chi connectivity index (χ2v) is 4.69. The summed E-state index contributed by atoms with van der Waals surface area (Å²) >= 11 is 0. The van der Waals surface area contributed by atoms with E-state index in [0.717, 1.165) is 12.0 Å². The van der Waals surface area contributed by atoms with Gasteiger partial charge in [-0.05, 0) is 31.0 Å². The van der Waals surface area contributed by atoms with Crippen LogP contribution in [0.25, 0.3) is 0 Å². The Morgan fingerprint density at radius 3 is 2.95 bits per heavy atom. The van der Waals surface area contributed by atoms with Crippen LogP contribution < -0.4 is 11.1 Å². The second-order valence-electron chi connectivity index (χ2n) is 4.69. The van der Waals surface area contributed by atoms with Crippen LogP contribution in [0.1, 0.15) is 18.9 Å². The number of ether oxygens (including phenoxy) is 1. The zero-order valence-corrected chi connectivity index (χ0v) is 14.5. The van der Waals surface area contributed by atoms with E-state index in [0.29, 0.717) is 32.1 Å². The first-order valence-corrected chi connectivity index (χ1v) is 7.16. The number of nitrogens with two attached hydrogens (primary N) is 1. The summed E-state index contributed by atoms with van der Waals surface area (Å²) in [6, 6.07) is 6.17. The average molecular weight is 378 g/mol. The topological polar surface area (TPSA) is 79.9 Å². The van der Waals surface area contributed by atoms with E-state index in [1.54, 1.807) is 12.1 Å². The highest BCUT2D eigenvalue weighted by Gasteiger charge is 2.06. The number of nitrogens with one attached hydrogen (secondary N) is 1. The molecule has 0 fully saturated rings. The van der Waals surface area contributed by atoms with E-state index >= 15 is 0 Å². The molecule has 0 aliphatic rings. The maximum atomic E-state index is 13.0. The lowest BCUT2D eigenvalue weighted by Gasteiger charge is -2.10. The van der Waals surface area contributed by atoms with Gasteiger partial charge in [0.2, 0.25) is 0 Å². The summed E-state index contributed by atoms with van der Waals surface area (Å²) in [6.07, 6.45) is 0.505. The van der Waals surface area contributed by atoms with Crippen molar-refractivity contribution < 1.29 is 14.2 Å². The van der Waals surface area contributed by atoms with Crippen molar-refractivity contribution in [1.82, 2.24) is 5.32 Å². The fourth-order valence-corrected chi connectivity index (χ4v) is 1.80. The van der Waals surface area contributed by atoms with Crippen LogP contribution in [-0.4, -0.2) is 43.5 Å². The summed E-state index contributed by atoms with van der Waals surface area (Å²) in [5.41, 5.74) is 6.42.